The van der Waals surface area contributed by atoms with Crippen LogP contribution in [0.4, 0.5) is 13.2 Å². The van der Waals surface area contributed by atoms with E-state index in [0.717, 1.165) is 0 Å². The van der Waals surface area contributed by atoms with Crippen molar-refractivity contribution in [1.29, 1.82) is 0 Å². The van der Waals surface area contributed by atoms with Gasteiger partial charge in [0.1, 0.15) is 0 Å². The fraction of sp³-hybridized carbons (Fsp3) is 0.769. The van der Waals surface area contributed by atoms with Crippen molar-refractivity contribution in [1.82, 2.24) is 15.0 Å². The molecule has 6 nitrogen and oxygen atoms in total. The van der Waals surface area contributed by atoms with Crippen LogP contribution >= 0.6 is 0 Å². The van der Waals surface area contributed by atoms with Gasteiger partial charge in [-0.3, -0.25) is 4.79 Å². The molecule has 22 heavy (non-hydrogen) atoms. The van der Waals surface area contributed by atoms with E-state index < -0.39 is 12.1 Å². The number of likely N-dealkylation sites (tertiary alicyclic amines) is 1. The van der Waals surface area contributed by atoms with Crippen LogP contribution in [0.2, 0.25) is 0 Å². The topological polar surface area (TPSA) is 68.5 Å². The Morgan fingerprint density at radius 3 is 2.59 bits per heavy atom. The van der Waals surface area contributed by atoms with Gasteiger partial charge in [-0.2, -0.15) is 18.2 Å². The van der Waals surface area contributed by atoms with Crippen molar-refractivity contribution in [2.24, 2.45) is 5.92 Å². The molecule has 0 unspecified atom stereocenters. The average Bonchev–Trinajstić information content (AvgIpc) is 3.15. The molecule has 1 aromatic heterocycles. The van der Waals surface area contributed by atoms with Gasteiger partial charge in [0.05, 0.1) is 0 Å². The first-order chi connectivity index (χ1) is 10.4. The summed E-state index contributed by atoms with van der Waals surface area (Å²) in [5, 5.41) is 3.41. The third kappa shape index (κ3) is 3.08. The second-order valence-electron chi connectivity index (χ2n) is 5.61. The number of ether oxygens (including phenoxy) is 1. The summed E-state index contributed by atoms with van der Waals surface area (Å²) in [7, 11) is 0. The molecule has 3 heterocycles. The quantitative estimate of drug-likeness (QED) is 0.832. The Kier molecular flexibility index (Phi) is 4.07. The number of hydrogen-bond donors (Lipinski definition) is 0. The van der Waals surface area contributed by atoms with Crippen molar-refractivity contribution in [3.63, 3.8) is 0 Å². The number of nitrogens with zero attached hydrogens (tertiary/aromatic N) is 3. The highest BCUT2D eigenvalue weighted by Crippen LogP contribution is 2.32. The van der Waals surface area contributed by atoms with E-state index >= 15 is 0 Å². The van der Waals surface area contributed by atoms with Gasteiger partial charge in [-0.05, 0) is 19.3 Å². The van der Waals surface area contributed by atoms with E-state index in [-0.39, 0.29) is 23.6 Å². The monoisotopic (exact) mass is 319 g/mol. The van der Waals surface area contributed by atoms with Gasteiger partial charge in [0.15, 0.2) is 5.82 Å². The van der Waals surface area contributed by atoms with Crippen molar-refractivity contribution in [3.8, 4) is 0 Å². The van der Waals surface area contributed by atoms with Gasteiger partial charge >= 0.3 is 12.1 Å². The van der Waals surface area contributed by atoms with Gasteiger partial charge in [-0.15, -0.1) is 0 Å². The largest absolute Gasteiger partial charge is 0.471 e. The molecule has 3 rings (SSSR count). The zero-order valence-corrected chi connectivity index (χ0v) is 11.8. The summed E-state index contributed by atoms with van der Waals surface area (Å²) in [6, 6.07) is 0. The molecule has 0 saturated carbocycles. The summed E-state index contributed by atoms with van der Waals surface area (Å²) >= 11 is 0. The van der Waals surface area contributed by atoms with E-state index in [2.05, 4.69) is 14.7 Å². The van der Waals surface area contributed by atoms with Crippen LogP contribution in [-0.4, -0.2) is 47.3 Å². The number of amides is 1. The van der Waals surface area contributed by atoms with Crippen LogP contribution in [0.25, 0.3) is 0 Å². The number of alkyl halides is 3. The molecule has 0 N–H and O–H groups in total. The average molecular weight is 319 g/mol. The molecule has 0 radical (unpaired) electrons. The zero-order valence-electron chi connectivity index (χ0n) is 11.8. The second kappa shape index (κ2) is 5.86. The first kappa shape index (κ1) is 15.3. The Bertz CT molecular complexity index is 540. The molecule has 2 fully saturated rings. The Morgan fingerprint density at radius 1 is 1.23 bits per heavy atom. The van der Waals surface area contributed by atoms with Crippen molar-refractivity contribution < 1.29 is 27.2 Å². The first-order valence-electron chi connectivity index (χ1n) is 7.22. The van der Waals surface area contributed by atoms with Gasteiger partial charge in [-0.1, -0.05) is 5.16 Å². The molecule has 1 amide bonds. The Labute approximate surface area is 124 Å². The van der Waals surface area contributed by atoms with Crippen LogP contribution in [0.5, 0.6) is 0 Å². The lowest BCUT2D eigenvalue weighted by molar-refractivity contribution is -0.159. The summed E-state index contributed by atoms with van der Waals surface area (Å²) in [5.74, 6) is -1.62. The number of aromatic nitrogens is 2. The molecule has 2 aliphatic rings. The maximum absolute atomic E-state index is 12.5. The summed E-state index contributed by atoms with van der Waals surface area (Å²) in [4.78, 5) is 17.5. The maximum Gasteiger partial charge on any atom is 0.471 e. The maximum atomic E-state index is 12.5. The minimum Gasteiger partial charge on any atom is -0.381 e. The van der Waals surface area contributed by atoms with E-state index in [9.17, 15) is 18.0 Å². The van der Waals surface area contributed by atoms with Gasteiger partial charge in [0, 0.05) is 38.1 Å². The van der Waals surface area contributed by atoms with Crippen molar-refractivity contribution in [2.45, 2.75) is 31.4 Å². The van der Waals surface area contributed by atoms with Crippen LogP contribution in [0.1, 0.15) is 36.9 Å². The van der Waals surface area contributed by atoms with Gasteiger partial charge in [0.25, 0.3) is 0 Å². The molecule has 122 valence electrons. The first-order valence-corrected chi connectivity index (χ1v) is 7.22. The van der Waals surface area contributed by atoms with E-state index in [4.69, 9.17) is 4.74 Å². The fourth-order valence-corrected chi connectivity index (χ4v) is 2.89. The van der Waals surface area contributed by atoms with Gasteiger partial charge < -0.3 is 14.2 Å². The predicted octanol–water partition coefficient (Wildman–Crippen LogP) is 1.83. The zero-order chi connectivity index (χ0) is 15.7. The minimum atomic E-state index is -4.64. The lowest BCUT2D eigenvalue weighted by Gasteiger charge is -2.26. The van der Waals surface area contributed by atoms with E-state index in [0.29, 0.717) is 45.6 Å². The molecule has 1 atom stereocenters. The molecule has 2 saturated heterocycles. The predicted molar refractivity (Wildman–Crippen MR) is 66.8 cm³/mol. The van der Waals surface area contributed by atoms with E-state index in [1.165, 1.54) is 0 Å². The lowest BCUT2D eigenvalue weighted by atomic mass is 9.99. The molecule has 0 bridgehead atoms. The van der Waals surface area contributed by atoms with Crippen LogP contribution in [0.3, 0.4) is 0 Å². The summed E-state index contributed by atoms with van der Waals surface area (Å²) < 4.78 is 46.9. The molecule has 2 aliphatic heterocycles. The molecule has 0 aliphatic carbocycles. The van der Waals surface area contributed by atoms with Crippen LogP contribution < -0.4 is 0 Å². The molecular formula is C13H16F3N3O3. The van der Waals surface area contributed by atoms with Crippen LogP contribution in [0, 0.1) is 5.92 Å². The number of halogens is 3. The molecule has 9 heteroatoms. The van der Waals surface area contributed by atoms with Crippen LogP contribution in [-0.2, 0) is 15.7 Å². The van der Waals surface area contributed by atoms with E-state index in [1.807, 2.05) is 0 Å². The van der Waals surface area contributed by atoms with Crippen molar-refractivity contribution in [2.75, 3.05) is 26.3 Å². The Balaban J connectivity index is 1.62. The molecule has 0 spiro atoms. The number of carbonyl (C=O) groups excluding carboxylic acids is 1. The second-order valence-corrected chi connectivity index (χ2v) is 5.61. The SMILES string of the molecule is O=C(C1CCOCC1)N1CC[C@@H](c2noc(C(F)(F)F)n2)C1. The van der Waals surface area contributed by atoms with Crippen molar-refractivity contribution >= 4 is 5.91 Å². The van der Waals surface area contributed by atoms with Gasteiger partial charge in [-0.25, -0.2) is 0 Å². The van der Waals surface area contributed by atoms with Crippen molar-refractivity contribution in [3.05, 3.63) is 11.7 Å². The Morgan fingerprint density at radius 2 is 1.95 bits per heavy atom. The molecule has 0 aromatic carbocycles. The summed E-state index contributed by atoms with van der Waals surface area (Å²) in [6.07, 6.45) is -2.70. The highest BCUT2D eigenvalue weighted by molar-refractivity contribution is 5.79. The van der Waals surface area contributed by atoms with E-state index in [1.54, 1.807) is 4.90 Å². The number of rotatable bonds is 2. The third-order valence-corrected chi connectivity index (χ3v) is 4.12. The number of hydrogen-bond acceptors (Lipinski definition) is 5. The minimum absolute atomic E-state index is 0.0228. The lowest BCUT2D eigenvalue weighted by Crippen LogP contribution is -2.37. The Hall–Kier alpha value is -1.64. The normalized spacial score (nSPS) is 24.0. The third-order valence-electron chi connectivity index (χ3n) is 4.12. The highest BCUT2D eigenvalue weighted by atomic mass is 19.4. The molecular weight excluding hydrogens is 303 g/mol. The summed E-state index contributed by atoms with van der Waals surface area (Å²) in [6.45, 7) is 2.00. The smallest absolute Gasteiger partial charge is 0.381 e. The highest BCUT2D eigenvalue weighted by Gasteiger charge is 2.40. The number of carbonyl (C=O) groups is 1. The standard InChI is InChI=1S/C13H16F3N3O3/c14-13(15,16)12-17-10(18-22-12)9-1-4-19(7-9)11(20)8-2-5-21-6-3-8/h8-9H,1-7H2/t9-/m1/s1. The molecule has 1 aromatic rings. The van der Waals surface area contributed by atoms with Crippen LogP contribution in [0.15, 0.2) is 4.52 Å². The fourth-order valence-electron chi connectivity index (χ4n) is 2.89. The van der Waals surface area contributed by atoms with Gasteiger partial charge in [0.2, 0.25) is 5.91 Å². The summed E-state index contributed by atoms with van der Waals surface area (Å²) in [5.41, 5.74) is 0.